The number of likely N-dealkylation sites (tertiary alicyclic amines) is 1. The minimum Gasteiger partial charge on any atom is -0.367 e. The smallest absolute Gasteiger partial charge is 0.240 e. The van der Waals surface area contributed by atoms with Gasteiger partial charge in [0.2, 0.25) is 5.91 Å². The Balaban J connectivity index is 1.10. The number of hydrogen-bond donors (Lipinski definition) is 2. The molecule has 1 saturated heterocycles. The molecule has 1 aromatic carbocycles. The summed E-state index contributed by atoms with van der Waals surface area (Å²) >= 11 is 6.18. The molecule has 3 aliphatic rings. The maximum atomic E-state index is 14.2. The number of carbonyl (C=O) groups excluding carboxylic acids is 1. The number of rotatable bonds is 10. The Kier molecular flexibility index (Phi) is 10.1. The average Bonchev–Trinajstić information content (AvgIpc) is 3.57. The van der Waals surface area contributed by atoms with E-state index in [9.17, 15) is 9.18 Å². The van der Waals surface area contributed by atoms with E-state index >= 15 is 0 Å². The van der Waals surface area contributed by atoms with Gasteiger partial charge in [-0.3, -0.25) is 9.48 Å². The van der Waals surface area contributed by atoms with Gasteiger partial charge in [-0.1, -0.05) is 43.0 Å². The minimum absolute atomic E-state index is 0.161. The lowest BCUT2D eigenvalue weighted by Crippen LogP contribution is -2.55. The number of amides is 1. The summed E-state index contributed by atoms with van der Waals surface area (Å²) in [5.74, 6) is 1.25. The van der Waals surface area contributed by atoms with Crippen LogP contribution in [0.15, 0.2) is 55.2 Å². The first-order chi connectivity index (χ1) is 21.5. The molecule has 10 heteroatoms. The highest BCUT2D eigenvalue weighted by Crippen LogP contribution is 2.47. The Labute approximate surface area is 265 Å². The summed E-state index contributed by atoms with van der Waals surface area (Å²) < 4.78 is 15.3. The van der Waals surface area contributed by atoms with Crippen molar-refractivity contribution in [3.63, 3.8) is 0 Å². The monoisotopic (exact) mass is 621 g/mol. The molecule has 3 fully saturated rings. The van der Waals surface area contributed by atoms with Crippen LogP contribution in [-0.2, 0) is 17.8 Å². The fraction of sp³-hybridized carbons (Fsp3) is 0.588. The number of pyridine rings is 1. The SMILES string of the molecule is O=C([C@@H](Cc1ccc(Cl)cc1)NC1CCC(Nc2ccc(F)cn2)CC1)N1CCC(Cn2cncn2)(C2CCCCC2)CC1. The molecular formula is C34H45ClFN7O. The van der Waals surface area contributed by atoms with Crippen molar-refractivity contribution in [1.29, 1.82) is 0 Å². The Bertz CT molecular complexity index is 1310. The summed E-state index contributed by atoms with van der Waals surface area (Å²) in [7, 11) is 0. The Morgan fingerprint density at radius 2 is 1.70 bits per heavy atom. The third-order valence-electron chi connectivity index (χ3n) is 10.4. The largest absolute Gasteiger partial charge is 0.367 e. The van der Waals surface area contributed by atoms with Gasteiger partial charge in [0.25, 0.3) is 0 Å². The van der Waals surface area contributed by atoms with Crippen molar-refractivity contribution in [2.24, 2.45) is 11.3 Å². The molecule has 2 aliphatic carbocycles. The van der Waals surface area contributed by atoms with Crippen molar-refractivity contribution >= 4 is 23.3 Å². The molecule has 8 nitrogen and oxygen atoms in total. The predicted octanol–water partition coefficient (Wildman–Crippen LogP) is 6.28. The first-order valence-electron chi connectivity index (χ1n) is 16.5. The van der Waals surface area contributed by atoms with Gasteiger partial charge in [0.1, 0.15) is 24.3 Å². The van der Waals surface area contributed by atoms with E-state index in [1.165, 1.54) is 44.4 Å². The molecular weight excluding hydrogens is 577 g/mol. The van der Waals surface area contributed by atoms with Gasteiger partial charge >= 0.3 is 0 Å². The van der Waals surface area contributed by atoms with Gasteiger partial charge in [0.05, 0.1) is 12.2 Å². The number of hydrogen-bond acceptors (Lipinski definition) is 6. The van der Waals surface area contributed by atoms with E-state index in [1.54, 1.807) is 12.4 Å². The van der Waals surface area contributed by atoms with Crippen LogP contribution in [0.2, 0.25) is 5.02 Å². The number of nitrogens with one attached hydrogen (secondary N) is 2. The lowest BCUT2D eigenvalue weighted by molar-refractivity contribution is -0.137. The molecule has 0 spiro atoms. The van der Waals surface area contributed by atoms with E-state index in [0.717, 1.165) is 63.7 Å². The minimum atomic E-state index is -0.330. The topological polar surface area (TPSA) is 88.0 Å². The van der Waals surface area contributed by atoms with Gasteiger partial charge in [0, 0.05) is 36.7 Å². The van der Waals surface area contributed by atoms with Crippen molar-refractivity contribution < 1.29 is 9.18 Å². The molecule has 2 N–H and O–H groups in total. The van der Waals surface area contributed by atoms with E-state index in [1.807, 2.05) is 35.3 Å². The third-order valence-corrected chi connectivity index (χ3v) is 10.6. The summed E-state index contributed by atoms with van der Waals surface area (Å²) in [6, 6.07) is 11.3. The van der Waals surface area contributed by atoms with Gasteiger partial charge in [-0.25, -0.2) is 14.4 Å². The fourth-order valence-corrected chi connectivity index (χ4v) is 8.00. The van der Waals surface area contributed by atoms with Crippen LogP contribution in [0.1, 0.15) is 76.2 Å². The highest BCUT2D eigenvalue weighted by Gasteiger charge is 2.44. The zero-order valence-electron chi connectivity index (χ0n) is 25.5. The summed E-state index contributed by atoms with van der Waals surface area (Å²) in [6.07, 6.45) is 17.7. The van der Waals surface area contributed by atoms with E-state index in [2.05, 4.69) is 30.6 Å². The van der Waals surface area contributed by atoms with Crippen LogP contribution in [-0.4, -0.2) is 61.8 Å². The van der Waals surface area contributed by atoms with Crippen molar-refractivity contribution in [3.05, 3.63) is 71.7 Å². The lowest BCUT2D eigenvalue weighted by Gasteiger charge is -2.48. The van der Waals surface area contributed by atoms with E-state index in [0.29, 0.717) is 23.2 Å². The summed E-state index contributed by atoms with van der Waals surface area (Å²) in [5, 5.41) is 12.4. The number of halogens is 2. The number of nitrogens with zero attached hydrogens (tertiary/aromatic N) is 5. The van der Waals surface area contributed by atoms with Crippen molar-refractivity contribution in [1.82, 2.24) is 30.0 Å². The van der Waals surface area contributed by atoms with Gasteiger partial charge in [-0.2, -0.15) is 5.10 Å². The molecule has 44 heavy (non-hydrogen) atoms. The lowest BCUT2D eigenvalue weighted by atomic mass is 9.63. The van der Waals surface area contributed by atoms with Crippen molar-refractivity contribution in [2.75, 3.05) is 18.4 Å². The van der Waals surface area contributed by atoms with Crippen molar-refractivity contribution in [3.8, 4) is 0 Å². The average molecular weight is 622 g/mol. The van der Waals surface area contributed by atoms with Crippen LogP contribution in [0.3, 0.4) is 0 Å². The van der Waals surface area contributed by atoms with Crippen LogP contribution >= 0.6 is 11.6 Å². The maximum Gasteiger partial charge on any atom is 0.240 e. The van der Waals surface area contributed by atoms with E-state index in [4.69, 9.17) is 11.6 Å². The number of benzene rings is 1. The predicted molar refractivity (Wildman–Crippen MR) is 171 cm³/mol. The maximum absolute atomic E-state index is 14.2. The second kappa shape index (κ2) is 14.4. The number of piperidine rings is 1. The van der Waals surface area contributed by atoms with Crippen molar-refractivity contribution in [2.45, 2.75) is 102 Å². The fourth-order valence-electron chi connectivity index (χ4n) is 7.87. The van der Waals surface area contributed by atoms with Crippen LogP contribution in [0.4, 0.5) is 10.2 Å². The second-order valence-corrected chi connectivity index (χ2v) is 13.7. The molecule has 0 radical (unpaired) electrons. The molecule has 0 bridgehead atoms. The Morgan fingerprint density at radius 1 is 0.977 bits per heavy atom. The van der Waals surface area contributed by atoms with Gasteiger partial charge in [0.15, 0.2) is 0 Å². The summed E-state index contributed by atoms with van der Waals surface area (Å²) in [4.78, 5) is 24.7. The molecule has 0 unspecified atom stereocenters. The molecule has 1 atom stereocenters. The summed E-state index contributed by atoms with van der Waals surface area (Å²) in [6.45, 7) is 2.45. The van der Waals surface area contributed by atoms with Gasteiger partial charge in [-0.15, -0.1) is 0 Å². The number of aromatic nitrogens is 4. The highest BCUT2D eigenvalue weighted by atomic mass is 35.5. The number of carbonyl (C=O) groups is 1. The Morgan fingerprint density at radius 3 is 2.36 bits per heavy atom. The molecule has 236 valence electrons. The second-order valence-electron chi connectivity index (χ2n) is 13.2. The molecule has 2 aromatic heterocycles. The standard InChI is InChI=1S/C34H45ClFN7O/c35-27-8-6-25(7-9-27)20-31(40-29-11-13-30(14-12-29)41-32-15-10-28(36)21-38-32)33(44)42-18-16-34(17-19-42,22-43-24-37-23-39-43)26-4-2-1-3-5-26/h6-10,15,21,23-24,26,29-31,40H,1-5,11-14,16-20,22H2,(H,38,41)/t29?,30?,31-/m1/s1. The Hall–Kier alpha value is -3.04. The van der Waals surface area contributed by atoms with Gasteiger partial charge in [-0.05, 0) is 98.9 Å². The first-order valence-corrected chi connectivity index (χ1v) is 16.8. The molecule has 3 aromatic rings. The zero-order valence-corrected chi connectivity index (χ0v) is 26.3. The molecule has 1 amide bonds. The zero-order chi connectivity index (χ0) is 30.4. The van der Waals surface area contributed by atoms with E-state index in [-0.39, 0.29) is 35.3 Å². The van der Waals surface area contributed by atoms with Crippen LogP contribution in [0.25, 0.3) is 0 Å². The van der Waals surface area contributed by atoms with E-state index < -0.39 is 0 Å². The third kappa shape index (κ3) is 7.78. The first kappa shape index (κ1) is 31.0. The molecule has 6 rings (SSSR count). The highest BCUT2D eigenvalue weighted by molar-refractivity contribution is 6.30. The van der Waals surface area contributed by atoms with Crippen LogP contribution < -0.4 is 10.6 Å². The van der Waals surface area contributed by atoms with Gasteiger partial charge < -0.3 is 15.5 Å². The molecule has 3 heterocycles. The molecule has 1 aliphatic heterocycles. The summed E-state index contributed by atoms with van der Waals surface area (Å²) in [5.41, 5.74) is 1.27. The van der Waals surface area contributed by atoms with Crippen LogP contribution in [0, 0.1) is 17.2 Å². The normalized spacial score (nSPS) is 23.3. The number of anilines is 1. The quantitative estimate of drug-likeness (QED) is 0.277. The van der Waals surface area contributed by atoms with Crippen LogP contribution in [0.5, 0.6) is 0 Å². The molecule has 2 saturated carbocycles.